The zero-order valence-electron chi connectivity index (χ0n) is 11.8. The highest BCUT2D eigenvalue weighted by Crippen LogP contribution is 2.18. The quantitative estimate of drug-likeness (QED) is 0.717. The third kappa shape index (κ3) is 4.84. The second-order valence-corrected chi connectivity index (χ2v) is 6.40. The lowest BCUT2D eigenvalue weighted by atomic mass is 9.88. The van der Waals surface area contributed by atoms with Gasteiger partial charge >= 0.3 is 0 Å². The lowest BCUT2D eigenvalue weighted by Gasteiger charge is -2.37. The standard InChI is InChI=1S/C14H30N2/c1-11(2)8-16(9-12(3)4)10-13(5)14-6-15-7-14/h11-15H,6-10H2,1-5H3. The summed E-state index contributed by atoms with van der Waals surface area (Å²) in [6.45, 7) is 18.0. The van der Waals surface area contributed by atoms with Crippen molar-refractivity contribution in [3.8, 4) is 0 Å². The molecular formula is C14H30N2. The number of nitrogens with zero attached hydrogens (tertiary/aromatic N) is 1. The fourth-order valence-corrected chi connectivity index (χ4v) is 2.53. The second kappa shape index (κ2) is 6.61. The highest BCUT2D eigenvalue weighted by Gasteiger charge is 2.25. The summed E-state index contributed by atoms with van der Waals surface area (Å²) in [7, 11) is 0. The maximum absolute atomic E-state index is 3.38. The van der Waals surface area contributed by atoms with Gasteiger partial charge in [-0.05, 0) is 36.8 Å². The minimum absolute atomic E-state index is 0.783. The van der Waals surface area contributed by atoms with Crippen LogP contribution >= 0.6 is 0 Å². The van der Waals surface area contributed by atoms with Crippen LogP contribution in [-0.2, 0) is 0 Å². The van der Waals surface area contributed by atoms with Gasteiger partial charge in [0.15, 0.2) is 0 Å². The molecule has 0 aromatic rings. The van der Waals surface area contributed by atoms with Crippen molar-refractivity contribution in [2.45, 2.75) is 34.6 Å². The van der Waals surface area contributed by atoms with Gasteiger partial charge in [-0.1, -0.05) is 34.6 Å². The van der Waals surface area contributed by atoms with E-state index in [0.29, 0.717) is 0 Å². The molecule has 0 saturated carbocycles. The van der Waals surface area contributed by atoms with Crippen LogP contribution in [0.25, 0.3) is 0 Å². The Balaban J connectivity index is 2.34. The van der Waals surface area contributed by atoms with Gasteiger partial charge in [0.2, 0.25) is 0 Å². The van der Waals surface area contributed by atoms with E-state index in [1.807, 2.05) is 0 Å². The summed E-state index contributed by atoms with van der Waals surface area (Å²) in [6, 6.07) is 0. The molecule has 0 spiro atoms. The van der Waals surface area contributed by atoms with Crippen molar-refractivity contribution in [2.75, 3.05) is 32.7 Å². The average molecular weight is 226 g/mol. The Kier molecular flexibility index (Phi) is 5.77. The summed E-state index contributed by atoms with van der Waals surface area (Å²) in [5.41, 5.74) is 0. The molecule has 1 unspecified atom stereocenters. The first-order chi connectivity index (χ1) is 7.49. The molecule has 1 fully saturated rings. The zero-order chi connectivity index (χ0) is 12.1. The zero-order valence-corrected chi connectivity index (χ0v) is 11.8. The van der Waals surface area contributed by atoms with Crippen LogP contribution in [0.1, 0.15) is 34.6 Å². The first-order valence-corrected chi connectivity index (χ1v) is 6.92. The van der Waals surface area contributed by atoms with Crippen LogP contribution in [0.4, 0.5) is 0 Å². The second-order valence-electron chi connectivity index (χ2n) is 6.40. The molecule has 1 aliphatic heterocycles. The van der Waals surface area contributed by atoms with E-state index in [4.69, 9.17) is 0 Å². The maximum Gasteiger partial charge on any atom is 0.00108 e. The van der Waals surface area contributed by atoms with E-state index >= 15 is 0 Å². The molecule has 2 nitrogen and oxygen atoms in total. The highest BCUT2D eigenvalue weighted by molar-refractivity contribution is 4.81. The fourth-order valence-electron chi connectivity index (χ4n) is 2.53. The molecule has 2 heteroatoms. The van der Waals surface area contributed by atoms with Crippen molar-refractivity contribution in [1.82, 2.24) is 10.2 Å². The summed E-state index contributed by atoms with van der Waals surface area (Å²) in [5.74, 6) is 3.33. The Morgan fingerprint density at radius 1 is 0.938 bits per heavy atom. The SMILES string of the molecule is CC(C)CN(CC(C)C)CC(C)C1CNC1. The molecule has 1 rings (SSSR count). The molecule has 1 atom stereocenters. The predicted octanol–water partition coefficient (Wildman–Crippen LogP) is 2.46. The summed E-state index contributed by atoms with van der Waals surface area (Å²) in [5, 5.41) is 3.38. The smallest absolute Gasteiger partial charge is 0.00108 e. The molecule has 0 amide bonds. The molecule has 0 bridgehead atoms. The lowest BCUT2D eigenvalue weighted by molar-refractivity contribution is 0.144. The van der Waals surface area contributed by atoms with Crippen LogP contribution in [0.3, 0.4) is 0 Å². The van der Waals surface area contributed by atoms with Gasteiger partial charge in [0.1, 0.15) is 0 Å². The van der Waals surface area contributed by atoms with Crippen LogP contribution < -0.4 is 5.32 Å². The first kappa shape index (κ1) is 14.0. The minimum Gasteiger partial charge on any atom is -0.316 e. The fraction of sp³-hybridized carbons (Fsp3) is 1.00. The monoisotopic (exact) mass is 226 g/mol. The van der Waals surface area contributed by atoms with Crippen molar-refractivity contribution in [3.05, 3.63) is 0 Å². The summed E-state index contributed by atoms with van der Waals surface area (Å²) < 4.78 is 0. The van der Waals surface area contributed by atoms with E-state index in [-0.39, 0.29) is 0 Å². The Labute approximate surface area is 102 Å². The van der Waals surface area contributed by atoms with Gasteiger partial charge < -0.3 is 10.2 Å². The topological polar surface area (TPSA) is 15.3 Å². The van der Waals surface area contributed by atoms with Gasteiger partial charge in [0, 0.05) is 19.6 Å². The Hall–Kier alpha value is -0.0800. The normalized spacial score (nSPS) is 19.5. The summed E-state index contributed by atoms with van der Waals surface area (Å²) >= 11 is 0. The van der Waals surface area contributed by atoms with E-state index in [1.54, 1.807) is 0 Å². The predicted molar refractivity (Wildman–Crippen MR) is 71.6 cm³/mol. The average Bonchev–Trinajstić information content (AvgIpc) is 1.95. The van der Waals surface area contributed by atoms with E-state index in [0.717, 1.165) is 23.7 Å². The molecule has 0 aliphatic carbocycles. The maximum atomic E-state index is 3.38. The minimum atomic E-state index is 0.783. The van der Waals surface area contributed by atoms with Gasteiger partial charge in [0.25, 0.3) is 0 Å². The van der Waals surface area contributed by atoms with Crippen LogP contribution in [0, 0.1) is 23.7 Å². The van der Waals surface area contributed by atoms with E-state index in [9.17, 15) is 0 Å². The number of hydrogen-bond donors (Lipinski definition) is 1. The van der Waals surface area contributed by atoms with E-state index < -0.39 is 0 Å². The Morgan fingerprint density at radius 2 is 1.44 bits per heavy atom. The largest absolute Gasteiger partial charge is 0.316 e. The van der Waals surface area contributed by atoms with Gasteiger partial charge in [-0.15, -0.1) is 0 Å². The number of hydrogen-bond acceptors (Lipinski definition) is 2. The summed E-state index contributed by atoms with van der Waals surface area (Å²) in [6.07, 6.45) is 0. The van der Waals surface area contributed by atoms with Crippen molar-refractivity contribution < 1.29 is 0 Å². The van der Waals surface area contributed by atoms with E-state index in [1.165, 1.54) is 32.7 Å². The molecule has 1 heterocycles. The molecule has 0 aromatic heterocycles. The van der Waals surface area contributed by atoms with Crippen molar-refractivity contribution >= 4 is 0 Å². The molecule has 0 radical (unpaired) electrons. The molecule has 96 valence electrons. The molecule has 1 aliphatic rings. The van der Waals surface area contributed by atoms with Crippen molar-refractivity contribution in [1.29, 1.82) is 0 Å². The van der Waals surface area contributed by atoms with Gasteiger partial charge in [-0.25, -0.2) is 0 Å². The van der Waals surface area contributed by atoms with Crippen LogP contribution in [0.5, 0.6) is 0 Å². The van der Waals surface area contributed by atoms with E-state index in [2.05, 4.69) is 44.8 Å². The Morgan fingerprint density at radius 3 is 1.75 bits per heavy atom. The van der Waals surface area contributed by atoms with Crippen LogP contribution in [-0.4, -0.2) is 37.6 Å². The number of rotatable bonds is 7. The summed E-state index contributed by atoms with van der Waals surface area (Å²) in [4.78, 5) is 2.66. The first-order valence-electron chi connectivity index (χ1n) is 6.92. The third-order valence-electron chi connectivity index (χ3n) is 3.41. The molecule has 0 aromatic carbocycles. The Bertz CT molecular complexity index is 175. The molecule has 1 N–H and O–H groups in total. The van der Waals surface area contributed by atoms with Gasteiger partial charge in [-0.2, -0.15) is 0 Å². The highest BCUT2D eigenvalue weighted by atomic mass is 15.1. The van der Waals surface area contributed by atoms with Crippen molar-refractivity contribution in [2.24, 2.45) is 23.7 Å². The molecule has 16 heavy (non-hydrogen) atoms. The lowest BCUT2D eigenvalue weighted by Crippen LogP contribution is -2.48. The van der Waals surface area contributed by atoms with Gasteiger partial charge in [-0.3, -0.25) is 0 Å². The van der Waals surface area contributed by atoms with Crippen molar-refractivity contribution in [3.63, 3.8) is 0 Å². The molecule has 1 saturated heterocycles. The number of nitrogens with one attached hydrogen (secondary N) is 1. The molecular weight excluding hydrogens is 196 g/mol. The van der Waals surface area contributed by atoms with Crippen LogP contribution in [0.15, 0.2) is 0 Å². The van der Waals surface area contributed by atoms with Gasteiger partial charge in [0.05, 0.1) is 0 Å². The third-order valence-corrected chi connectivity index (χ3v) is 3.41. The van der Waals surface area contributed by atoms with Crippen LogP contribution in [0.2, 0.25) is 0 Å².